The van der Waals surface area contributed by atoms with Gasteiger partial charge in [-0.25, -0.2) is 4.98 Å². The largest absolute Gasteiger partial charge is 0.492 e. The predicted molar refractivity (Wildman–Crippen MR) is 129 cm³/mol. The highest BCUT2D eigenvalue weighted by Crippen LogP contribution is 2.29. The standard InChI is InChI=1S/C24H27BrN2O2S/c1-15(2)18-9-10-22(20(25)13-18)29-11-5-6-23(28)27-24-26-21(14-30-24)19-8-7-16(3)17(4)12-19/h7-10,12-15H,5-6,11H2,1-4H3,(H,26,27,28). The van der Waals surface area contributed by atoms with E-state index in [1.54, 1.807) is 0 Å². The van der Waals surface area contributed by atoms with Crippen LogP contribution in [0.5, 0.6) is 5.75 Å². The van der Waals surface area contributed by atoms with Crippen molar-refractivity contribution in [1.29, 1.82) is 0 Å². The van der Waals surface area contributed by atoms with Crippen LogP contribution in [0, 0.1) is 13.8 Å². The van der Waals surface area contributed by atoms with Gasteiger partial charge in [0.25, 0.3) is 0 Å². The van der Waals surface area contributed by atoms with Crippen LogP contribution in [0.4, 0.5) is 5.13 Å². The van der Waals surface area contributed by atoms with Gasteiger partial charge in [-0.3, -0.25) is 4.79 Å². The molecule has 1 amide bonds. The lowest BCUT2D eigenvalue weighted by Crippen LogP contribution is -2.12. The number of aryl methyl sites for hydroxylation is 2. The Morgan fingerprint density at radius 1 is 1.17 bits per heavy atom. The lowest BCUT2D eigenvalue weighted by atomic mass is 10.0. The van der Waals surface area contributed by atoms with Crippen molar-refractivity contribution in [3.05, 3.63) is 62.9 Å². The number of hydrogen-bond acceptors (Lipinski definition) is 4. The molecule has 1 N–H and O–H groups in total. The van der Waals surface area contributed by atoms with Gasteiger partial charge in [0.2, 0.25) is 5.91 Å². The lowest BCUT2D eigenvalue weighted by Gasteiger charge is -2.11. The van der Waals surface area contributed by atoms with E-state index in [1.807, 2.05) is 11.4 Å². The number of hydrogen-bond donors (Lipinski definition) is 1. The zero-order valence-corrected chi connectivity index (χ0v) is 20.2. The SMILES string of the molecule is Cc1ccc(-c2csc(NC(=O)CCCOc3ccc(C(C)C)cc3Br)n2)cc1C. The van der Waals surface area contributed by atoms with E-state index in [4.69, 9.17) is 4.74 Å². The van der Waals surface area contributed by atoms with E-state index in [0.29, 0.717) is 30.5 Å². The summed E-state index contributed by atoms with van der Waals surface area (Å²) in [6.45, 7) is 8.99. The molecule has 0 aliphatic rings. The van der Waals surface area contributed by atoms with Gasteiger partial charge < -0.3 is 10.1 Å². The van der Waals surface area contributed by atoms with E-state index in [-0.39, 0.29) is 5.91 Å². The van der Waals surface area contributed by atoms with Gasteiger partial charge in [0.1, 0.15) is 5.75 Å². The summed E-state index contributed by atoms with van der Waals surface area (Å²) in [5.74, 6) is 1.23. The van der Waals surface area contributed by atoms with Crippen molar-refractivity contribution in [2.75, 3.05) is 11.9 Å². The van der Waals surface area contributed by atoms with Gasteiger partial charge in [0.05, 0.1) is 16.8 Å². The summed E-state index contributed by atoms with van der Waals surface area (Å²) in [6, 6.07) is 12.4. The maximum atomic E-state index is 12.2. The molecule has 3 aromatic rings. The van der Waals surface area contributed by atoms with Gasteiger partial charge >= 0.3 is 0 Å². The average Bonchev–Trinajstić information content (AvgIpc) is 3.16. The first-order valence-corrected chi connectivity index (χ1v) is 11.8. The molecule has 0 radical (unpaired) electrons. The van der Waals surface area contributed by atoms with E-state index in [0.717, 1.165) is 21.5 Å². The van der Waals surface area contributed by atoms with Gasteiger partial charge in [0, 0.05) is 17.4 Å². The highest BCUT2D eigenvalue weighted by Gasteiger charge is 2.10. The fraction of sp³-hybridized carbons (Fsp3) is 0.333. The normalized spacial score (nSPS) is 11.0. The third-order valence-corrected chi connectivity index (χ3v) is 6.36. The second-order valence-corrected chi connectivity index (χ2v) is 9.39. The average molecular weight is 487 g/mol. The van der Waals surface area contributed by atoms with Crippen molar-refractivity contribution < 1.29 is 9.53 Å². The molecule has 3 rings (SSSR count). The topological polar surface area (TPSA) is 51.2 Å². The lowest BCUT2D eigenvalue weighted by molar-refractivity contribution is -0.116. The molecule has 0 saturated heterocycles. The molecule has 0 aliphatic heterocycles. The second-order valence-electron chi connectivity index (χ2n) is 7.68. The minimum atomic E-state index is -0.0474. The number of nitrogens with zero attached hydrogens (tertiary/aromatic N) is 1. The summed E-state index contributed by atoms with van der Waals surface area (Å²) in [5, 5.41) is 5.49. The number of aromatic nitrogens is 1. The van der Waals surface area contributed by atoms with Crippen molar-refractivity contribution in [2.45, 2.75) is 46.5 Å². The van der Waals surface area contributed by atoms with Crippen molar-refractivity contribution in [2.24, 2.45) is 0 Å². The Labute approximate surface area is 190 Å². The van der Waals surface area contributed by atoms with Crippen LogP contribution in [0.3, 0.4) is 0 Å². The third-order valence-electron chi connectivity index (χ3n) is 4.98. The molecule has 0 bridgehead atoms. The number of anilines is 1. The molecule has 1 heterocycles. The molecule has 0 saturated carbocycles. The molecule has 1 aromatic heterocycles. The van der Waals surface area contributed by atoms with Crippen LogP contribution >= 0.6 is 27.3 Å². The number of rotatable bonds is 8. The summed E-state index contributed by atoms with van der Waals surface area (Å²) >= 11 is 5.00. The third kappa shape index (κ3) is 5.92. The molecule has 30 heavy (non-hydrogen) atoms. The van der Waals surface area contributed by atoms with Gasteiger partial charge in [-0.2, -0.15) is 0 Å². The van der Waals surface area contributed by atoms with Gasteiger partial charge in [-0.1, -0.05) is 32.0 Å². The van der Waals surface area contributed by atoms with Crippen LogP contribution in [-0.2, 0) is 4.79 Å². The van der Waals surface area contributed by atoms with Crippen LogP contribution < -0.4 is 10.1 Å². The zero-order valence-electron chi connectivity index (χ0n) is 17.8. The maximum Gasteiger partial charge on any atom is 0.226 e. The smallest absolute Gasteiger partial charge is 0.226 e. The fourth-order valence-corrected chi connectivity index (χ4v) is 4.20. The number of carbonyl (C=O) groups is 1. The Hall–Kier alpha value is -2.18. The second kappa shape index (κ2) is 10.2. The first-order valence-electron chi connectivity index (χ1n) is 10.1. The first kappa shape index (κ1) is 22.5. The number of halogens is 1. The number of benzene rings is 2. The fourth-order valence-electron chi connectivity index (χ4n) is 2.95. The van der Waals surface area contributed by atoms with Crippen LogP contribution in [0.2, 0.25) is 0 Å². The zero-order chi connectivity index (χ0) is 21.7. The number of ether oxygens (including phenoxy) is 1. The predicted octanol–water partition coefficient (Wildman–Crippen LogP) is 7.11. The quantitative estimate of drug-likeness (QED) is 0.345. The first-order chi connectivity index (χ1) is 14.3. The van der Waals surface area contributed by atoms with Crippen LogP contribution in [-0.4, -0.2) is 17.5 Å². The molecule has 158 valence electrons. The number of nitrogens with one attached hydrogen (secondary N) is 1. The molecular weight excluding hydrogens is 460 g/mol. The Morgan fingerprint density at radius 2 is 1.97 bits per heavy atom. The van der Waals surface area contributed by atoms with Gasteiger partial charge in [-0.05, 0) is 77.0 Å². The highest BCUT2D eigenvalue weighted by molar-refractivity contribution is 9.10. The van der Waals surface area contributed by atoms with Gasteiger partial charge in [0.15, 0.2) is 5.13 Å². The van der Waals surface area contributed by atoms with Gasteiger partial charge in [-0.15, -0.1) is 11.3 Å². The number of amides is 1. The van der Waals surface area contributed by atoms with Crippen LogP contribution in [0.1, 0.15) is 49.3 Å². The Balaban J connectivity index is 1.46. The molecule has 0 spiro atoms. The van der Waals surface area contributed by atoms with Crippen molar-refractivity contribution in [3.8, 4) is 17.0 Å². The van der Waals surface area contributed by atoms with Crippen molar-refractivity contribution in [1.82, 2.24) is 4.98 Å². The van der Waals surface area contributed by atoms with Crippen molar-refractivity contribution >= 4 is 38.3 Å². The monoisotopic (exact) mass is 486 g/mol. The van der Waals surface area contributed by atoms with Crippen molar-refractivity contribution in [3.63, 3.8) is 0 Å². The molecular formula is C24H27BrN2O2S. The van der Waals surface area contributed by atoms with E-state index >= 15 is 0 Å². The molecule has 2 aromatic carbocycles. The van der Waals surface area contributed by atoms with E-state index < -0.39 is 0 Å². The molecule has 0 atom stereocenters. The molecule has 0 unspecified atom stereocenters. The molecule has 0 aliphatic carbocycles. The summed E-state index contributed by atoms with van der Waals surface area (Å²) in [4.78, 5) is 16.8. The minimum absolute atomic E-state index is 0.0474. The molecule has 4 nitrogen and oxygen atoms in total. The number of carbonyl (C=O) groups excluding carboxylic acids is 1. The van der Waals surface area contributed by atoms with E-state index in [2.05, 4.69) is 84.3 Å². The summed E-state index contributed by atoms with van der Waals surface area (Å²) in [5.41, 5.74) is 5.70. The number of thiazole rings is 1. The Bertz CT molecular complexity index is 1030. The van der Waals surface area contributed by atoms with Crippen LogP contribution in [0.15, 0.2) is 46.3 Å². The Morgan fingerprint density at radius 3 is 2.67 bits per heavy atom. The summed E-state index contributed by atoms with van der Waals surface area (Å²) < 4.78 is 6.76. The summed E-state index contributed by atoms with van der Waals surface area (Å²) in [6.07, 6.45) is 1.03. The van der Waals surface area contributed by atoms with E-state index in [1.165, 1.54) is 28.0 Å². The van der Waals surface area contributed by atoms with E-state index in [9.17, 15) is 4.79 Å². The van der Waals surface area contributed by atoms with Crippen LogP contribution in [0.25, 0.3) is 11.3 Å². The highest BCUT2D eigenvalue weighted by atomic mass is 79.9. The molecule has 0 fully saturated rings. The minimum Gasteiger partial charge on any atom is -0.492 e. The molecule has 6 heteroatoms. The summed E-state index contributed by atoms with van der Waals surface area (Å²) in [7, 11) is 0. The maximum absolute atomic E-state index is 12.2. The Kier molecular flexibility index (Phi) is 7.67.